The number of methoxy groups -OCH3 is 1. The molecule has 36 heavy (non-hydrogen) atoms. The topological polar surface area (TPSA) is 88.4 Å². The number of halogens is 1. The third-order valence-corrected chi connectivity index (χ3v) is 6.90. The lowest BCUT2D eigenvalue weighted by Crippen LogP contribution is -2.48. The van der Waals surface area contributed by atoms with Gasteiger partial charge in [0.05, 0.1) is 12.0 Å². The number of rotatable bonds is 8. The van der Waals surface area contributed by atoms with Gasteiger partial charge in [0, 0.05) is 87.9 Å². The Bertz CT molecular complexity index is 1020. The molecule has 2 aromatic rings. The van der Waals surface area contributed by atoms with Gasteiger partial charge in [0.25, 0.3) is 0 Å². The second kappa shape index (κ2) is 12.8. The minimum atomic E-state index is -0.480. The molecule has 0 bridgehead atoms. The molecule has 0 aliphatic carbocycles. The predicted molar refractivity (Wildman–Crippen MR) is 141 cm³/mol. The molecule has 2 aliphatic heterocycles. The van der Waals surface area contributed by atoms with Crippen molar-refractivity contribution >= 4 is 28.9 Å². The first-order valence-corrected chi connectivity index (χ1v) is 12.3. The number of hydrogen-bond donors (Lipinski definition) is 0. The summed E-state index contributed by atoms with van der Waals surface area (Å²) in [5, 5.41) is 11.8. The highest BCUT2D eigenvalue weighted by molar-refractivity contribution is 6.30. The van der Waals surface area contributed by atoms with Gasteiger partial charge in [-0.3, -0.25) is 19.8 Å². The first kappa shape index (κ1) is 27.5. The number of amides is 1. The van der Waals surface area contributed by atoms with Gasteiger partial charge < -0.3 is 19.3 Å². The van der Waals surface area contributed by atoms with Crippen molar-refractivity contribution < 1.29 is 19.2 Å². The van der Waals surface area contributed by atoms with Crippen LogP contribution in [0.25, 0.3) is 0 Å². The molecule has 0 atom stereocenters. The summed E-state index contributed by atoms with van der Waals surface area (Å²) >= 11 is 5.98. The molecule has 4 rings (SSSR count). The molecule has 1 amide bonds. The second-order valence-electron chi connectivity index (χ2n) is 8.84. The highest BCUT2D eigenvalue weighted by atomic mass is 35.5. The van der Waals surface area contributed by atoms with E-state index in [1.165, 1.54) is 18.9 Å². The van der Waals surface area contributed by atoms with Crippen LogP contribution >= 0.6 is 11.6 Å². The van der Waals surface area contributed by atoms with Crippen LogP contribution in [0, 0.1) is 10.1 Å². The first-order chi connectivity index (χ1) is 16.9. The molecule has 0 aromatic heterocycles. The Morgan fingerprint density at radius 2 is 1.72 bits per heavy atom. The Kier molecular flexibility index (Phi) is 9.78. The van der Waals surface area contributed by atoms with Crippen LogP contribution in [0.2, 0.25) is 5.02 Å². The van der Waals surface area contributed by atoms with Gasteiger partial charge in [0.1, 0.15) is 11.9 Å². The molecule has 0 unspecified atom stereocenters. The predicted octanol–water partition coefficient (Wildman–Crippen LogP) is 4.48. The van der Waals surface area contributed by atoms with E-state index in [1.807, 2.05) is 29.2 Å². The van der Waals surface area contributed by atoms with Gasteiger partial charge in [0.2, 0.25) is 11.7 Å². The molecular weight excluding hydrogens is 484 g/mol. The lowest BCUT2D eigenvalue weighted by Gasteiger charge is -2.37. The minimum absolute atomic E-state index is 0. The molecule has 2 aromatic carbocycles. The van der Waals surface area contributed by atoms with Crippen LogP contribution in [0.1, 0.15) is 26.7 Å². The number of ether oxygens (including phenoxy) is 2. The van der Waals surface area contributed by atoms with Crippen molar-refractivity contribution in [2.45, 2.75) is 32.8 Å². The lowest BCUT2D eigenvalue weighted by atomic mass is 10.1. The molecule has 10 heteroatoms. The van der Waals surface area contributed by atoms with Gasteiger partial charge in [-0.2, -0.15) is 0 Å². The van der Waals surface area contributed by atoms with E-state index in [0.29, 0.717) is 25.3 Å². The average molecular weight is 519 g/mol. The highest BCUT2D eigenvalue weighted by Gasteiger charge is 2.26. The zero-order valence-electron chi connectivity index (χ0n) is 19.9. The van der Waals surface area contributed by atoms with Gasteiger partial charge >= 0.3 is 5.69 Å². The van der Waals surface area contributed by atoms with Gasteiger partial charge in [-0.1, -0.05) is 19.0 Å². The SMILES string of the molecule is C.COc1cc(OC2CCN(C(=O)CCN3CCN(c4ccc(Cl)cc4)CC3)CC2)ccc1[N+](=O)[O-]. The molecule has 0 radical (unpaired) electrons. The van der Waals surface area contributed by atoms with Crippen LogP contribution in [0.5, 0.6) is 11.5 Å². The van der Waals surface area contributed by atoms with Gasteiger partial charge in [0.15, 0.2) is 0 Å². The quantitative estimate of drug-likeness (QED) is 0.376. The van der Waals surface area contributed by atoms with Crippen molar-refractivity contribution in [2.24, 2.45) is 0 Å². The number of piperidine rings is 1. The standard InChI is InChI=1S/C25H31ClN4O5.CH4/c1-34-24-18-22(6-7-23(24)30(32)33)35-21-8-12-29(13-9-21)25(31)10-11-27-14-16-28(17-15-27)20-4-2-19(26)3-5-20;/h2-7,18,21H,8-17H2,1H3;1H4. The zero-order chi connectivity index (χ0) is 24.8. The third-order valence-electron chi connectivity index (χ3n) is 6.65. The minimum Gasteiger partial charge on any atom is -0.490 e. The molecule has 0 spiro atoms. The number of nitrogens with zero attached hydrogens (tertiary/aromatic N) is 4. The third kappa shape index (κ3) is 7.01. The fourth-order valence-corrected chi connectivity index (χ4v) is 4.72. The summed E-state index contributed by atoms with van der Waals surface area (Å²) in [6.45, 7) is 5.81. The summed E-state index contributed by atoms with van der Waals surface area (Å²) in [6.07, 6.45) is 1.94. The highest BCUT2D eigenvalue weighted by Crippen LogP contribution is 2.32. The lowest BCUT2D eigenvalue weighted by molar-refractivity contribution is -0.385. The number of hydrogen-bond acceptors (Lipinski definition) is 7. The number of carbonyl (C=O) groups excluding carboxylic acids is 1. The Hall–Kier alpha value is -3.04. The smallest absolute Gasteiger partial charge is 0.311 e. The fourth-order valence-electron chi connectivity index (χ4n) is 4.59. The summed E-state index contributed by atoms with van der Waals surface area (Å²) in [5.74, 6) is 0.893. The Labute approximate surface area is 217 Å². The molecule has 196 valence electrons. The van der Waals surface area contributed by atoms with Crippen LogP contribution in [0.3, 0.4) is 0 Å². The van der Waals surface area contributed by atoms with E-state index < -0.39 is 4.92 Å². The maximum absolute atomic E-state index is 12.8. The van der Waals surface area contributed by atoms with Crippen LogP contribution in [0.4, 0.5) is 11.4 Å². The maximum atomic E-state index is 12.8. The van der Waals surface area contributed by atoms with Gasteiger partial charge in [-0.05, 0) is 30.3 Å². The number of piperazine rings is 1. The second-order valence-corrected chi connectivity index (χ2v) is 9.28. The van der Waals surface area contributed by atoms with E-state index in [1.54, 1.807) is 12.1 Å². The van der Waals surface area contributed by atoms with E-state index in [2.05, 4.69) is 9.80 Å². The number of nitro benzene ring substituents is 1. The van der Waals surface area contributed by atoms with Crippen LogP contribution in [-0.4, -0.2) is 79.7 Å². The normalized spacial score (nSPS) is 16.8. The molecule has 9 nitrogen and oxygen atoms in total. The molecule has 2 fully saturated rings. The van der Waals surface area contributed by atoms with E-state index in [9.17, 15) is 14.9 Å². The average Bonchev–Trinajstić information content (AvgIpc) is 2.88. The van der Waals surface area contributed by atoms with E-state index in [4.69, 9.17) is 21.1 Å². The van der Waals surface area contributed by atoms with Crippen molar-refractivity contribution in [3.63, 3.8) is 0 Å². The van der Waals surface area contributed by atoms with E-state index >= 15 is 0 Å². The Morgan fingerprint density at radius 1 is 1.06 bits per heavy atom. The molecular formula is C26H35ClN4O5. The van der Waals surface area contributed by atoms with Crippen molar-refractivity contribution in [2.75, 3.05) is 57.8 Å². The van der Waals surface area contributed by atoms with Crippen LogP contribution in [0.15, 0.2) is 42.5 Å². The molecule has 0 saturated carbocycles. The molecule has 0 N–H and O–H groups in total. The summed E-state index contributed by atoms with van der Waals surface area (Å²) in [6, 6.07) is 12.5. The van der Waals surface area contributed by atoms with Crippen LogP contribution in [-0.2, 0) is 4.79 Å². The fraction of sp³-hybridized carbons (Fsp3) is 0.500. The van der Waals surface area contributed by atoms with Crippen LogP contribution < -0.4 is 14.4 Å². The molecule has 2 aliphatic rings. The van der Waals surface area contributed by atoms with Crippen molar-refractivity contribution in [3.05, 3.63) is 57.6 Å². The maximum Gasteiger partial charge on any atom is 0.311 e. The Morgan fingerprint density at radius 3 is 2.33 bits per heavy atom. The first-order valence-electron chi connectivity index (χ1n) is 11.9. The number of anilines is 1. The van der Waals surface area contributed by atoms with Gasteiger partial charge in [-0.25, -0.2) is 0 Å². The Balaban J connectivity index is 0.00000361. The number of carbonyl (C=O) groups is 1. The monoisotopic (exact) mass is 518 g/mol. The van der Waals surface area contributed by atoms with E-state index in [-0.39, 0.29) is 30.9 Å². The van der Waals surface area contributed by atoms with Gasteiger partial charge in [-0.15, -0.1) is 0 Å². The summed E-state index contributed by atoms with van der Waals surface area (Å²) in [5.41, 5.74) is 1.09. The van der Waals surface area contributed by atoms with Crippen molar-refractivity contribution in [1.29, 1.82) is 0 Å². The van der Waals surface area contributed by atoms with E-state index in [0.717, 1.165) is 50.6 Å². The zero-order valence-corrected chi connectivity index (χ0v) is 20.7. The molecule has 2 heterocycles. The van der Waals surface area contributed by atoms with Crippen molar-refractivity contribution in [1.82, 2.24) is 9.80 Å². The number of benzene rings is 2. The summed E-state index contributed by atoms with van der Waals surface area (Å²) < 4.78 is 11.1. The van der Waals surface area contributed by atoms with Crippen molar-refractivity contribution in [3.8, 4) is 11.5 Å². The summed E-state index contributed by atoms with van der Waals surface area (Å²) in [7, 11) is 1.40. The number of nitro groups is 1. The number of likely N-dealkylation sites (tertiary alicyclic amines) is 1. The summed E-state index contributed by atoms with van der Waals surface area (Å²) in [4.78, 5) is 30.0. The largest absolute Gasteiger partial charge is 0.490 e. The molecule has 2 saturated heterocycles.